The smallest absolute Gasteiger partial charge is 0.226 e. The number of nitrogens with one attached hydrogen (secondary N) is 1. The van der Waals surface area contributed by atoms with Gasteiger partial charge in [0.2, 0.25) is 5.91 Å². The van der Waals surface area contributed by atoms with Crippen LogP contribution in [0, 0.1) is 6.92 Å². The predicted octanol–water partition coefficient (Wildman–Crippen LogP) is 2.49. The van der Waals surface area contributed by atoms with Gasteiger partial charge in [-0.3, -0.25) is 4.79 Å². The summed E-state index contributed by atoms with van der Waals surface area (Å²) in [7, 11) is 0. The van der Waals surface area contributed by atoms with Gasteiger partial charge in [-0.1, -0.05) is 41.1 Å². The number of carbonyl (C=O) groups excluding carboxylic acids is 1. The van der Waals surface area contributed by atoms with Gasteiger partial charge in [-0.15, -0.1) is 6.58 Å². The van der Waals surface area contributed by atoms with Crippen LogP contribution in [-0.4, -0.2) is 17.6 Å². The molecule has 1 amide bonds. The first-order valence-electron chi connectivity index (χ1n) is 6.09. The molecule has 19 heavy (non-hydrogen) atoms. The Labute approximate surface area is 112 Å². The summed E-state index contributed by atoms with van der Waals surface area (Å²) < 4.78 is 5.25. The number of hydrogen-bond acceptors (Lipinski definition) is 3. The van der Waals surface area contributed by atoms with Gasteiger partial charge >= 0.3 is 0 Å². The normalized spacial score (nSPS) is 10.2. The Balaban J connectivity index is 2.04. The molecule has 0 radical (unpaired) electrons. The van der Waals surface area contributed by atoms with E-state index >= 15 is 0 Å². The highest BCUT2D eigenvalue weighted by atomic mass is 16.5. The van der Waals surface area contributed by atoms with Gasteiger partial charge in [0.15, 0.2) is 5.76 Å². The first-order chi connectivity index (χ1) is 9.19. The molecule has 4 nitrogen and oxygen atoms in total. The molecule has 2 aromatic rings. The Kier molecular flexibility index (Phi) is 4.13. The lowest BCUT2D eigenvalue weighted by atomic mass is 10.1. The van der Waals surface area contributed by atoms with E-state index in [2.05, 4.69) is 17.1 Å². The van der Waals surface area contributed by atoms with Gasteiger partial charge in [0.1, 0.15) is 0 Å². The van der Waals surface area contributed by atoms with E-state index in [1.807, 2.05) is 31.2 Å². The van der Waals surface area contributed by atoms with Crippen LogP contribution in [0.3, 0.4) is 0 Å². The molecule has 0 fully saturated rings. The molecule has 1 aromatic heterocycles. The third-order valence-electron chi connectivity index (χ3n) is 2.68. The second-order valence-electron chi connectivity index (χ2n) is 4.32. The molecular formula is C15H16N2O2. The van der Waals surface area contributed by atoms with Crippen LogP contribution in [0.15, 0.2) is 47.5 Å². The standard InChI is InChI=1S/C15H16N2O2/c1-3-8-16-15(18)10-13-9-14(19-17-13)12-6-4-11(2)5-7-12/h3-7,9H,1,8,10H2,2H3,(H,16,18). The minimum Gasteiger partial charge on any atom is -0.356 e. The van der Waals surface area contributed by atoms with Gasteiger partial charge in [-0.05, 0) is 6.92 Å². The molecule has 0 atom stereocenters. The van der Waals surface area contributed by atoms with Crippen LogP contribution in [0.2, 0.25) is 0 Å². The minimum absolute atomic E-state index is 0.0938. The number of benzene rings is 1. The number of nitrogens with zero attached hydrogens (tertiary/aromatic N) is 1. The van der Waals surface area contributed by atoms with E-state index in [-0.39, 0.29) is 12.3 Å². The molecule has 2 rings (SSSR count). The highest BCUT2D eigenvalue weighted by molar-refractivity contribution is 5.78. The van der Waals surface area contributed by atoms with Crippen LogP contribution in [0.1, 0.15) is 11.3 Å². The van der Waals surface area contributed by atoms with E-state index in [1.54, 1.807) is 12.1 Å². The summed E-state index contributed by atoms with van der Waals surface area (Å²) in [5.41, 5.74) is 2.76. The van der Waals surface area contributed by atoms with Crippen molar-refractivity contribution in [2.45, 2.75) is 13.3 Å². The lowest BCUT2D eigenvalue weighted by Gasteiger charge is -1.98. The quantitative estimate of drug-likeness (QED) is 0.836. The maximum atomic E-state index is 11.5. The molecule has 0 saturated heterocycles. The molecule has 0 saturated carbocycles. The molecule has 1 N–H and O–H groups in total. The lowest BCUT2D eigenvalue weighted by Crippen LogP contribution is -2.24. The van der Waals surface area contributed by atoms with Crippen LogP contribution in [0.5, 0.6) is 0 Å². The summed E-state index contributed by atoms with van der Waals surface area (Å²) in [6, 6.07) is 9.75. The summed E-state index contributed by atoms with van der Waals surface area (Å²) in [5.74, 6) is 0.579. The molecule has 1 heterocycles. The molecule has 4 heteroatoms. The zero-order valence-electron chi connectivity index (χ0n) is 10.8. The Morgan fingerprint density at radius 2 is 2.16 bits per heavy atom. The number of aromatic nitrogens is 1. The second-order valence-corrected chi connectivity index (χ2v) is 4.32. The SMILES string of the molecule is C=CCNC(=O)Cc1cc(-c2ccc(C)cc2)on1. The largest absolute Gasteiger partial charge is 0.356 e. The van der Waals surface area contributed by atoms with Crippen molar-refractivity contribution < 1.29 is 9.32 Å². The van der Waals surface area contributed by atoms with Crippen LogP contribution >= 0.6 is 0 Å². The van der Waals surface area contributed by atoms with E-state index in [1.165, 1.54) is 5.56 Å². The average molecular weight is 256 g/mol. The molecule has 0 aliphatic heterocycles. The number of amides is 1. The summed E-state index contributed by atoms with van der Waals surface area (Å²) in [6.45, 7) is 6.03. The Morgan fingerprint density at radius 3 is 2.84 bits per heavy atom. The maximum Gasteiger partial charge on any atom is 0.226 e. The zero-order chi connectivity index (χ0) is 13.7. The van der Waals surface area contributed by atoms with E-state index in [4.69, 9.17) is 4.52 Å². The van der Waals surface area contributed by atoms with Crippen molar-refractivity contribution in [3.63, 3.8) is 0 Å². The summed E-state index contributed by atoms with van der Waals surface area (Å²) >= 11 is 0. The van der Waals surface area contributed by atoms with Crippen LogP contribution < -0.4 is 5.32 Å². The van der Waals surface area contributed by atoms with Crippen molar-refractivity contribution >= 4 is 5.91 Å². The number of aryl methyl sites for hydroxylation is 1. The summed E-state index contributed by atoms with van der Waals surface area (Å²) in [6.07, 6.45) is 1.85. The fraction of sp³-hybridized carbons (Fsp3) is 0.200. The molecule has 0 aliphatic rings. The fourth-order valence-electron chi connectivity index (χ4n) is 1.66. The Hall–Kier alpha value is -2.36. The lowest BCUT2D eigenvalue weighted by molar-refractivity contribution is -0.120. The Bertz CT molecular complexity index is 570. The van der Waals surface area contributed by atoms with Crippen molar-refractivity contribution in [3.8, 4) is 11.3 Å². The third-order valence-corrected chi connectivity index (χ3v) is 2.68. The monoisotopic (exact) mass is 256 g/mol. The van der Waals surface area contributed by atoms with E-state index in [0.717, 1.165) is 5.56 Å². The highest BCUT2D eigenvalue weighted by Crippen LogP contribution is 2.20. The van der Waals surface area contributed by atoms with Crippen molar-refractivity contribution in [3.05, 3.63) is 54.2 Å². The van der Waals surface area contributed by atoms with Gasteiger partial charge < -0.3 is 9.84 Å². The van der Waals surface area contributed by atoms with Crippen molar-refractivity contribution in [2.75, 3.05) is 6.54 Å². The zero-order valence-corrected chi connectivity index (χ0v) is 10.8. The summed E-state index contributed by atoms with van der Waals surface area (Å²) in [5, 5.41) is 6.60. The maximum absolute atomic E-state index is 11.5. The van der Waals surface area contributed by atoms with Gasteiger partial charge in [0, 0.05) is 18.2 Å². The van der Waals surface area contributed by atoms with E-state index in [0.29, 0.717) is 18.0 Å². The number of hydrogen-bond donors (Lipinski definition) is 1. The van der Waals surface area contributed by atoms with Crippen molar-refractivity contribution in [1.82, 2.24) is 10.5 Å². The van der Waals surface area contributed by atoms with Gasteiger partial charge in [-0.2, -0.15) is 0 Å². The molecule has 98 valence electrons. The third kappa shape index (κ3) is 3.55. The summed E-state index contributed by atoms with van der Waals surface area (Å²) in [4.78, 5) is 11.5. The average Bonchev–Trinajstić information content (AvgIpc) is 2.85. The van der Waals surface area contributed by atoms with Crippen LogP contribution in [0.25, 0.3) is 11.3 Å². The van der Waals surface area contributed by atoms with E-state index in [9.17, 15) is 4.79 Å². The first kappa shape index (κ1) is 13.1. The molecule has 0 unspecified atom stereocenters. The van der Waals surface area contributed by atoms with Gasteiger partial charge in [-0.25, -0.2) is 0 Å². The number of carbonyl (C=O) groups is 1. The Morgan fingerprint density at radius 1 is 1.42 bits per heavy atom. The van der Waals surface area contributed by atoms with Crippen LogP contribution in [-0.2, 0) is 11.2 Å². The molecule has 0 bridgehead atoms. The topological polar surface area (TPSA) is 55.1 Å². The minimum atomic E-state index is -0.0938. The fourth-order valence-corrected chi connectivity index (χ4v) is 1.66. The van der Waals surface area contributed by atoms with Gasteiger partial charge in [0.25, 0.3) is 0 Å². The highest BCUT2D eigenvalue weighted by Gasteiger charge is 2.09. The molecule has 1 aromatic carbocycles. The van der Waals surface area contributed by atoms with E-state index < -0.39 is 0 Å². The molecular weight excluding hydrogens is 240 g/mol. The van der Waals surface area contributed by atoms with Crippen molar-refractivity contribution in [2.24, 2.45) is 0 Å². The second kappa shape index (κ2) is 6.00. The molecule has 0 spiro atoms. The van der Waals surface area contributed by atoms with Crippen LogP contribution in [0.4, 0.5) is 0 Å². The first-order valence-corrected chi connectivity index (χ1v) is 6.09. The number of rotatable bonds is 5. The predicted molar refractivity (Wildman–Crippen MR) is 73.6 cm³/mol. The molecule has 0 aliphatic carbocycles. The van der Waals surface area contributed by atoms with Crippen molar-refractivity contribution in [1.29, 1.82) is 0 Å². The van der Waals surface area contributed by atoms with Gasteiger partial charge in [0.05, 0.1) is 12.1 Å².